The van der Waals surface area contributed by atoms with Gasteiger partial charge in [-0.1, -0.05) is 12.1 Å². The van der Waals surface area contributed by atoms with Crippen molar-refractivity contribution in [1.82, 2.24) is 0 Å². The van der Waals surface area contributed by atoms with Crippen molar-refractivity contribution < 1.29 is 9.66 Å². The van der Waals surface area contributed by atoms with Crippen molar-refractivity contribution in [3.63, 3.8) is 0 Å². The molecule has 0 bridgehead atoms. The van der Waals surface area contributed by atoms with Gasteiger partial charge in [-0.3, -0.25) is 10.1 Å². The molecule has 0 aliphatic carbocycles. The Morgan fingerprint density at radius 2 is 1.95 bits per heavy atom. The van der Waals surface area contributed by atoms with Crippen molar-refractivity contribution in [2.45, 2.75) is 6.54 Å². The second kappa shape index (κ2) is 5.92. The van der Waals surface area contributed by atoms with E-state index in [-0.39, 0.29) is 5.69 Å². The monoisotopic (exact) mass is 273 g/mol. The van der Waals surface area contributed by atoms with Crippen LogP contribution in [-0.2, 0) is 6.54 Å². The van der Waals surface area contributed by atoms with Crippen molar-refractivity contribution in [2.75, 3.05) is 18.2 Å². The molecule has 0 aliphatic rings. The standard InChI is InChI=1S/C14H15N3O3/c1-20-14-7-12(6-13(8-14)17(18)19)16-9-10-2-4-11(15)5-3-10/h2-8,16H,9,15H2,1H3. The molecule has 0 saturated heterocycles. The Kier molecular flexibility index (Phi) is 4.05. The Bertz CT molecular complexity index is 612. The van der Waals surface area contributed by atoms with Crippen molar-refractivity contribution >= 4 is 17.1 Å². The molecule has 0 heterocycles. The molecule has 0 aliphatic heterocycles. The summed E-state index contributed by atoms with van der Waals surface area (Å²) < 4.78 is 5.05. The van der Waals surface area contributed by atoms with Crippen LogP contribution in [0.15, 0.2) is 42.5 Å². The predicted molar refractivity (Wildman–Crippen MR) is 77.8 cm³/mol. The molecular formula is C14H15N3O3. The summed E-state index contributed by atoms with van der Waals surface area (Å²) in [6, 6.07) is 12.0. The normalized spacial score (nSPS) is 10.1. The maximum Gasteiger partial charge on any atom is 0.275 e. The Labute approximate surface area is 116 Å². The number of anilines is 2. The maximum atomic E-state index is 10.8. The third-order valence-corrected chi connectivity index (χ3v) is 2.81. The van der Waals surface area contributed by atoms with E-state index in [0.29, 0.717) is 23.7 Å². The van der Waals surface area contributed by atoms with E-state index in [4.69, 9.17) is 10.5 Å². The van der Waals surface area contributed by atoms with Crippen molar-refractivity contribution in [2.24, 2.45) is 0 Å². The van der Waals surface area contributed by atoms with Crippen LogP contribution in [0.1, 0.15) is 5.56 Å². The fraction of sp³-hybridized carbons (Fsp3) is 0.143. The third kappa shape index (κ3) is 3.38. The summed E-state index contributed by atoms with van der Waals surface area (Å²) in [5.74, 6) is 0.444. The number of methoxy groups -OCH3 is 1. The molecule has 20 heavy (non-hydrogen) atoms. The number of nitro groups is 1. The molecule has 2 aromatic carbocycles. The van der Waals surface area contributed by atoms with E-state index in [9.17, 15) is 10.1 Å². The van der Waals surface area contributed by atoms with Crippen LogP contribution in [0.5, 0.6) is 5.75 Å². The lowest BCUT2D eigenvalue weighted by atomic mass is 10.2. The van der Waals surface area contributed by atoms with Crippen molar-refractivity contribution in [1.29, 1.82) is 0 Å². The topological polar surface area (TPSA) is 90.4 Å². The molecule has 0 radical (unpaired) electrons. The van der Waals surface area contributed by atoms with Gasteiger partial charge in [0.05, 0.1) is 18.1 Å². The summed E-state index contributed by atoms with van der Waals surface area (Å²) in [6.07, 6.45) is 0. The molecule has 104 valence electrons. The lowest BCUT2D eigenvalue weighted by Gasteiger charge is -2.08. The Morgan fingerprint density at radius 3 is 2.55 bits per heavy atom. The zero-order chi connectivity index (χ0) is 14.5. The Balaban J connectivity index is 2.14. The first-order valence-electron chi connectivity index (χ1n) is 6.00. The Hall–Kier alpha value is -2.76. The van der Waals surface area contributed by atoms with E-state index < -0.39 is 4.92 Å². The van der Waals surface area contributed by atoms with Crippen molar-refractivity contribution in [3.8, 4) is 5.75 Å². The van der Waals surface area contributed by atoms with Gasteiger partial charge in [-0.2, -0.15) is 0 Å². The molecule has 0 saturated carbocycles. The highest BCUT2D eigenvalue weighted by molar-refractivity contribution is 5.56. The lowest BCUT2D eigenvalue weighted by molar-refractivity contribution is -0.384. The van der Waals surface area contributed by atoms with Gasteiger partial charge in [0.1, 0.15) is 5.75 Å². The molecule has 6 nitrogen and oxygen atoms in total. The number of ether oxygens (including phenoxy) is 1. The molecule has 0 atom stereocenters. The van der Waals surface area contributed by atoms with E-state index in [1.165, 1.54) is 19.2 Å². The molecule has 2 rings (SSSR count). The van der Waals surface area contributed by atoms with Crippen LogP contribution in [0, 0.1) is 10.1 Å². The summed E-state index contributed by atoms with van der Waals surface area (Å²) in [4.78, 5) is 10.4. The number of benzene rings is 2. The maximum absolute atomic E-state index is 10.8. The highest BCUT2D eigenvalue weighted by atomic mass is 16.6. The quantitative estimate of drug-likeness (QED) is 0.496. The number of non-ortho nitro benzene ring substituents is 1. The van der Waals surface area contributed by atoms with E-state index >= 15 is 0 Å². The van der Waals surface area contributed by atoms with Gasteiger partial charge in [0.2, 0.25) is 0 Å². The van der Waals surface area contributed by atoms with Gasteiger partial charge in [0, 0.05) is 30.1 Å². The first kappa shape index (κ1) is 13.7. The molecule has 0 aromatic heterocycles. The summed E-state index contributed by atoms with van der Waals surface area (Å²) in [6.45, 7) is 0.546. The van der Waals surface area contributed by atoms with E-state index in [2.05, 4.69) is 5.32 Å². The van der Waals surface area contributed by atoms with Gasteiger partial charge < -0.3 is 15.8 Å². The molecule has 6 heteroatoms. The molecule has 0 fully saturated rings. The van der Waals surface area contributed by atoms with E-state index in [0.717, 1.165) is 5.56 Å². The number of nitro benzene ring substituents is 1. The molecule has 0 amide bonds. The van der Waals surface area contributed by atoms with Gasteiger partial charge in [-0.25, -0.2) is 0 Å². The van der Waals surface area contributed by atoms with Crippen LogP contribution in [0.2, 0.25) is 0 Å². The largest absolute Gasteiger partial charge is 0.496 e. The Morgan fingerprint density at radius 1 is 1.25 bits per heavy atom. The fourth-order valence-corrected chi connectivity index (χ4v) is 1.75. The summed E-state index contributed by atoms with van der Waals surface area (Å²) >= 11 is 0. The smallest absolute Gasteiger partial charge is 0.275 e. The third-order valence-electron chi connectivity index (χ3n) is 2.81. The summed E-state index contributed by atoms with van der Waals surface area (Å²) in [5.41, 5.74) is 7.97. The van der Waals surface area contributed by atoms with Crippen LogP contribution < -0.4 is 15.8 Å². The van der Waals surface area contributed by atoms with E-state index in [1.54, 1.807) is 6.07 Å². The van der Waals surface area contributed by atoms with Gasteiger partial charge in [0.15, 0.2) is 0 Å². The summed E-state index contributed by atoms with van der Waals surface area (Å²) in [7, 11) is 1.48. The van der Waals surface area contributed by atoms with Gasteiger partial charge in [-0.15, -0.1) is 0 Å². The molecular weight excluding hydrogens is 258 g/mol. The number of nitrogens with two attached hydrogens (primary N) is 1. The predicted octanol–water partition coefficient (Wildman–Crippen LogP) is 2.80. The van der Waals surface area contributed by atoms with Gasteiger partial charge in [-0.05, 0) is 17.7 Å². The SMILES string of the molecule is COc1cc(NCc2ccc(N)cc2)cc([N+](=O)[O-])c1. The number of hydrogen-bond donors (Lipinski definition) is 2. The van der Waals surface area contributed by atoms with Crippen LogP contribution in [0.4, 0.5) is 17.1 Å². The van der Waals surface area contributed by atoms with E-state index in [1.807, 2.05) is 24.3 Å². The first-order valence-corrected chi connectivity index (χ1v) is 6.00. The van der Waals surface area contributed by atoms with Crippen LogP contribution in [0.25, 0.3) is 0 Å². The number of nitrogens with zero attached hydrogens (tertiary/aromatic N) is 1. The van der Waals surface area contributed by atoms with Crippen LogP contribution in [-0.4, -0.2) is 12.0 Å². The minimum Gasteiger partial charge on any atom is -0.496 e. The number of nitrogen functional groups attached to an aromatic ring is 1. The first-order chi connectivity index (χ1) is 9.58. The average Bonchev–Trinajstić information content (AvgIpc) is 2.46. The summed E-state index contributed by atoms with van der Waals surface area (Å²) in [5, 5.41) is 14.0. The highest BCUT2D eigenvalue weighted by Gasteiger charge is 2.10. The second-order valence-electron chi connectivity index (χ2n) is 4.27. The number of hydrogen-bond acceptors (Lipinski definition) is 5. The molecule has 2 aromatic rings. The second-order valence-corrected chi connectivity index (χ2v) is 4.27. The zero-order valence-corrected chi connectivity index (χ0v) is 11.0. The van der Waals surface area contributed by atoms with Crippen LogP contribution >= 0.6 is 0 Å². The van der Waals surface area contributed by atoms with Gasteiger partial charge in [0.25, 0.3) is 5.69 Å². The minimum atomic E-state index is -0.448. The lowest BCUT2D eigenvalue weighted by Crippen LogP contribution is -2.01. The molecule has 0 spiro atoms. The fourth-order valence-electron chi connectivity index (χ4n) is 1.75. The molecule has 0 unspecified atom stereocenters. The van der Waals surface area contributed by atoms with Crippen molar-refractivity contribution in [3.05, 3.63) is 58.1 Å². The zero-order valence-electron chi connectivity index (χ0n) is 11.0. The average molecular weight is 273 g/mol. The van der Waals surface area contributed by atoms with Gasteiger partial charge >= 0.3 is 0 Å². The molecule has 3 N–H and O–H groups in total. The number of nitrogens with one attached hydrogen (secondary N) is 1. The van der Waals surface area contributed by atoms with Crippen LogP contribution in [0.3, 0.4) is 0 Å². The highest BCUT2D eigenvalue weighted by Crippen LogP contribution is 2.26. The minimum absolute atomic E-state index is 0.0100. The number of rotatable bonds is 5.